The van der Waals surface area contributed by atoms with E-state index in [1.54, 1.807) is 30.5 Å². The van der Waals surface area contributed by atoms with Crippen LogP contribution in [-0.2, 0) is 17.8 Å². The van der Waals surface area contributed by atoms with Gasteiger partial charge in [-0.3, -0.25) is 14.5 Å². The van der Waals surface area contributed by atoms with Gasteiger partial charge in [-0.25, -0.2) is 15.0 Å². The SMILES string of the molecule is CCOc1ccc(C(=O)NOC(C)(C)Cc2c(C)c(N[C@H]3CCCN(Cc4ccccc4)C3)nc3ccnn23)cc1. The molecule has 9 heteroatoms. The summed E-state index contributed by atoms with van der Waals surface area (Å²) in [6.07, 6.45) is 4.51. The summed E-state index contributed by atoms with van der Waals surface area (Å²) in [6.45, 7) is 11.5. The summed E-state index contributed by atoms with van der Waals surface area (Å²) < 4.78 is 7.33. The number of ether oxygens (including phenoxy) is 1. The minimum Gasteiger partial charge on any atom is -0.494 e. The maximum atomic E-state index is 12.7. The number of nitrogens with one attached hydrogen (secondary N) is 2. The first kappa shape index (κ1) is 28.6. The van der Waals surface area contributed by atoms with Crippen molar-refractivity contribution in [1.29, 1.82) is 0 Å². The van der Waals surface area contributed by atoms with E-state index in [0.717, 1.165) is 60.9 Å². The van der Waals surface area contributed by atoms with Crippen LogP contribution in [0.4, 0.5) is 5.82 Å². The lowest BCUT2D eigenvalue weighted by Crippen LogP contribution is -2.42. The minimum atomic E-state index is -0.708. The van der Waals surface area contributed by atoms with Crippen LogP contribution in [-0.4, -0.2) is 56.7 Å². The zero-order chi connectivity index (χ0) is 28.8. The number of aromatic nitrogens is 3. The van der Waals surface area contributed by atoms with Crippen molar-refractivity contribution in [3.8, 4) is 5.75 Å². The van der Waals surface area contributed by atoms with E-state index in [1.807, 2.05) is 31.4 Å². The van der Waals surface area contributed by atoms with Crippen molar-refractivity contribution in [2.75, 3.05) is 25.0 Å². The summed E-state index contributed by atoms with van der Waals surface area (Å²) in [5, 5.41) is 8.28. The fraction of sp³-hybridized carbons (Fsp3) is 0.406. The third kappa shape index (κ3) is 7.23. The van der Waals surface area contributed by atoms with Crippen molar-refractivity contribution >= 4 is 17.4 Å². The third-order valence-corrected chi connectivity index (χ3v) is 7.43. The van der Waals surface area contributed by atoms with E-state index in [4.69, 9.17) is 14.6 Å². The maximum Gasteiger partial charge on any atom is 0.274 e. The van der Waals surface area contributed by atoms with Crippen molar-refractivity contribution in [3.05, 3.63) is 89.2 Å². The van der Waals surface area contributed by atoms with Crippen molar-refractivity contribution in [1.82, 2.24) is 25.0 Å². The molecule has 0 unspecified atom stereocenters. The van der Waals surface area contributed by atoms with Crippen LogP contribution in [0.5, 0.6) is 5.75 Å². The molecule has 1 atom stereocenters. The number of amides is 1. The predicted octanol–water partition coefficient (Wildman–Crippen LogP) is 5.20. The Balaban J connectivity index is 1.26. The van der Waals surface area contributed by atoms with Gasteiger partial charge in [0, 0.05) is 42.7 Å². The molecule has 2 N–H and O–H groups in total. The molecule has 41 heavy (non-hydrogen) atoms. The minimum absolute atomic E-state index is 0.301. The van der Waals surface area contributed by atoms with E-state index >= 15 is 0 Å². The van der Waals surface area contributed by atoms with Crippen molar-refractivity contribution < 1.29 is 14.4 Å². The van der Waals surface area contributed by atoms with Gasteiger partial charge in [0.25, 0.3) is 5.91 Å². The Kier molecular flexibility index (Phi) is 8.85. The molecule has 0 radical (unpaired) electrons. The van der Waals surface area contributed by atoms with Crippen LogP contribution < -0.4 is 15.5 Å². The summed E-state index contributed by atoms with van der Waals surface area (Å²) in [5.41, 5.74) is 6.54. The summed E-state index contributed by atoms with van der Waals surface area (Å²) in [7, 11) is 0. The van der Waals surface area contributed by atoms with E-state index in [2.05, 4.69) is 58.1 Å². The largest absolute Gasteiger partial charge is 0.494 e. The highest BCUT2D eigenvalue weighted by molar-refractivity contribution is 5.93. The number of carbonyl (C=O) groups is 1. The van der Waals surface area contributed by atoms with Crippen LogP contribution in [0.15, 0.2) is 66.9 Å². The zero-order valence-corrected chi connectivity index (χ0v) is 24.4. The number of rotatable bonds is 11. The monoisotopic (exact) mass is 556 g/mol. The van der Waals surface area contributed by atoms with Gasteiger partial charge in [0.15, 0.2) is 5.65 Å². The summed E-state index contributed by atoms with van der Waals surface area (Å²) in [4.78, 5) is 26.1. The molecule has 4 aromatic rings. The maximum absolute atomic E-state index is 12.7. The van der Waals surface area contributed by atoms with Crippen LogP contribution in [0.2, 0.25) is 0 Å². The quantitative estimate of drug-likeness (QED) is 0.246. The Bertz CT molecular complexity index is 1450. The molecule has 1 amide bonds. The fourth-order valence-electron chi connectivity index (χ4n) is 5.33. The van der Waals surface area contributed by atoms with Crippen molar-refractivity contribution in [2.24, 2.45) is 0 Å². The second-order valence-electron chi connectivity index (χ2n) is 11.3. The second kappa shape index (κ2) is 12.7. The van der Waals surface area contributed by atoms with Crippen LogP contribution >= 0.6 is 0 Å². The molecule has 216 valence electrons. The van der Waals surface area contributed by atoms with E-state index < -0.39 is 5.60 Å². The van der Waals surface area contributed by atoms with E-state index in [9.17, 15) is 4.79 Å². The van der Waals surface area contributed by atoms with Gasteiger partial charge in [-0.05, 0) is 76.9 Å². The Hall–Kier alpha value is -3.95. The summed E-state index contributed by atoms with van der Waals surface area (Å²) in [6, 6.07) is 19.9. The van der Waals surface area contributed by atoms with Gasteiger partial charge in [-0.1, -0.05) is 30.3 Å². The molecule has 2 aromatic heterocycles. The number of nitrogens with zero attached hydrogens (tertiary/aromatic N) is 4. The standard InChI is InChI=1S/C32H40N6O3/c1-5-40-27-15-13-25(14-16-27)31(39)36-41-32(3,4)20-28-23(2)30(35-29-17-18-33-38(28)29)34-26-12-9-19-37(22-26)21-24-10-7-6-8-11-24/h6-8,10-11,13-18,26H,5,9,12,19-22H2,1-4H3,(H,34,35)(H,36,39)/t26-/m0/s1. The molecule has 2 aromatic carbocycles. The first-order valence-electron chi connectivity index (χ1n) is 14.4. The number of anilines is 1. The second-order valence-corrected chi connectivity index (χ2v) is 11.3. The van der Waals surface area contributed by atoms with Crippen molar-refractivity contribution in [3.63, 3.8) is 0 Å². The number of hydroxylamine groups is 1. The Labute approximate surface area is 241 Å². The molecular weight excluding hydrogens is 516 g/mol. The average molecular weight is 557 g/mol. The lowest BCUT2D eigenvalue weighted by molar-refractivity contribution is -0.0705. The van der Waals surface area contributed by atoms with Crippen LogP contribution in [0.1, 0.15) is 60.8 Å². The van der Waals surface area contributed by atoms with Crippen LogP contribution in [0.3, 0.4) is 0 Å². The third-order valence-electron chi connectivity index (χ3n) is 7.43. The fourth-order valence-corrected chi connectivity index (χ4v) is 5.33. The lowest BCUT2D eigenvalue weighted by Gasteiger charge is -2.34. The molecule has 5 rings (SSSR count). The molecule has 0 spiro atoms. The first-order valence-corrected chi connectivity index (χ1v) is 14.4. The number of benzene rings is 2. The molecule has 3 heterocycles. The highest BCUT2D eigenvalue weighted by atomic mass is 16.7. The number of hydrogen-bond acceptors (Lipinski definition) is 7. The molecule has 1 aliphatic rings. The van der Waals surface area contributed by atoms with Gasteiger partial charge in [-0.15, -0.1) is 0 Å². The summed E-state index contributed by atoms with van der Waals surface area (Å²) in [5.74, 6) is 1.29. The highest BCUT2D eigenvalue weighted by Gasteiger charge is 2.27. The predicted molar refractivity (Wildman–Crippen MR) is 160 cm³/mol. The van der Waals surface area contributed by atoms with Crippen molar-refractivity contribution in [2.45, 2.75) is 65.1 Å². The number of fused-ring (bicyclic) bond motifs is 1. The number of carbonyl (C=O) groups excluding carboxylic acids is 1. The van der Waals surface area contributed by atoms with Crippen LogP contribution in [0, 0.1) is 6.92 Å². The number of piperidine rings is 1. The topological polar surface area (TPSA) is 93.0 Å². The Morgan fingerprint density at radius 3 is 2.63 bits per heavy atom. The Morgan fingerprint density at radius 2 is 1.88 bits per heavy atom. The van der Waals surface area contributed by atoms with Gasteiger partial charge in [0.05, 0.1) is 24.1 Å². The number of hydrogen-bond donors (Lipinski definition) is 2. The van der Waals surface area contributed by atoms with Crippen LogP contribution in [0.25, 0.3) is 5.65 Å². The molecule has 9 nitrogen and oxygen atoms in total. The molecule has 1 fully saturated rings. The number of likely N-dealkylation sites (tertiary alicyclic amines) is 1. The van der Waals surface area contributed by atoms with Gasteiger partial charge >= 0.3 is 0 Å². The Morgan fingerprint density at radius 1 is 1.10 bits per heavy atom. The molecule has 1 saturated heterocycles. The zero-order valence-electron chi connectivity index (χ0n) is 24.4. The molecular formula is C32H40N6O3. The van der Waals surface area contributed by atoms with E-state index in [0.29, 0.717) is 24.6 Å². The highest BCUT2D eigenvalue weighted by Crippen LogP contribution is 2.26. The van der Waals surface area contributed by atoms with E-state index in [-0.39, 0.29) is 5.91 Å². The normalized spacial score (nSPS) is 16.0. The summed E-state index contributed by atoms with van der Waals surface area (Å²) >= 11 is 0. The molecule has 1 aliphatic heterocycles. The van der Waals surface area contributed by atoms with Gasteiger partial charge < -0.3 is 10.1 Å². The molecule has 0 aliphatic carbocycles. The van der Waals surface area contributed by atoms with E-state index in [1.165, 1.54) is 5.56 Å². The average Bonchev–Trinajstić information content (AvgIpc) is 3.44. The van der Waals surface area contributed by atoms with Gasteiger partial charge in [0.2, 0.25) is 0 Å². The molecule has 0 bridgehead atoms. The smallest absolute Gasteiger partial charge is 0.274 e. The first-order chi connectivity index (χ1) is 19.8. The van der Waals surface area contributed by atoms with Gasteiger partial charge in [-0.2, -0.15) is 5.10 Å². The van der Waals surface area contributed by atoms with Gasteiger partial charge in [0.1, 0.15) is 11.6 Å². The lowest BCUT2D eigenvalue weighted by atomic mass is 9.99. The molecule has 0 saturated carbocycles.